The molecular formula is C16H19N3O. The summed E-state index contributed by atoms with van der Waals surface area (Å²) < 4.78 is 5.62. The normalized spacial score (nSPS) is 13.7. The summed E-state index contributed by atoms with van der Waals surface area (Å²) in [6.45, 7) is 2.91. The smallest absolute Gasteiger partial charge is 0.295 e. The van der Waals surface area contributed by atoms with Crippen molar-refractivity contribution < 1.29 is 9.53 Å². The van der Waals surface area contributed by atoms with Crippen LogP contribution in [-0.2, 0) is 0 Å². The molecule has 4 nitrogen and oxygen atoms in total. The largest absolute Gasteiger partial charge is 0.494 e. The summed E-state index contributed by atoms with van der Waals surface area (Å²) >= 11 is 0. The summed E-state index contributed by atoms with van der Waals surface area (Å²) in [5, 5.41) is 3.30. The highest BCUT2D eigenvalue weighted by Crippen LogP contribution is 2.18. The average Bonchev–Trinajstić information content (AvgIpc) is 2.50. The minimum atomic E-state index is 0.632. The van der Waals surface area contributed by atoms with E-state index in [0.717, 1.165) is 36.6 Å². The Balaban J connectivity index is 1.90. The van der Waals surface area contributed by atoms with E-state index in [1.54, 1.807) is 6.08 Å². The molecule has 0 atom stereocenters. The van der Waals surface area contributed by atoms with Crippen molar-refractivity contribution in [2.45, 2.75) is 26.2 Å². The van der Waals surface area contributed by atoms with Crippen LogP contribution in [0.1, 0.15) is 26.2 Å². The van der Waals surface area contributed by atoms with E-state index in [9.17, 15) is 0 Å². The van der Waals surface area contributed by atoms with E-state index in [-0.39, 0.29) is 0 Å². The van der Waals surface area contributed by atoms with E-state index < -0.39 is 0 Å². The van der Waals surface area contributed by atoms with E-state index in [4.69, 9.17) is 10.3 Å². The van der Waals surface area contributed by atoms with Crippen LogP contribution in [0.3, 0.4) is 0 Å². The maximum absolute atomic E-state index is 8.66. The molecule has 2 rings (SSSR count). The zero-order chi connectivity index (χ0) is 14.2. The maximum atomic E-state index is 8.66. The number of hydrogen-bond acceptors (Lipinski definition) is 2. The molecule has 0 amide bonds. The summed E-state index contributed by atoms with van der Waals surface area (Å²) in [7, 11) is 0. The molecule has 0 aromatic heterocycles. The first kappa shape index (κ1) is 14.1. The number of benzene rings is 1. The van der Waals surface area contributed by atoms with Crippen molar-refractivity contribution in [3.63, 3.8) is 0 Å². The molecule has 0 bridgehead atoms. The summed E-state index contributed by atoms with van der Waals surface area (Å²) in [6, 6.07) is 7.91. The third kappa shape index (κ3) is 4.11. The van der Waals surface area contributed by atoms with Crippen LogP contribution >= 0.6 is 0 Å². The van der Waals surface area contributed by atoms with Gasteiger partial charge in [-0.15, -0.1) is 0 Å². The van der Waals surface area contributed by atoms with Gasteiger partial charge in [-0.2, -0.15) is 4.79 Å². The minimum absolute atomic E-state index is 0.632. The minimum Gasteiger partial charge on any atom is -0.494 e. The topological polar surface area (TPSA) is 57.7 Å². The molecule has 1 aromatic rings. The molecule has 1 N–H and O–H groups in total. The SMILES string of the molecule is CCCCOc1ccc(NC2=CCC(=[N+]=[N-])C=C2)cc1. The van der Waals surface area contributed by atoms with E-state index in [0.29, 0.717) is 12.1 Å². The van der Waals surface area contributed by atoms with Crippen LogP contribution in [-0.4, -0.2) is 17.1 Å². The molecule has 1 aromatic carbocycles. The summed E-state index contributed by atoms with van der Waals surface area (Å²) in [5.41, 5.74) is 11.3. The lowest BCUT2D eigenvalue weighted by Crippen LogP contribution is -2.05. The lowest BCUT2D eigenvalue weighted by molar-refractivity contribution is -0.00540. The highest BCUT2D eigenvalue weighted by Gasteiger charge is 2.07. The van der Waals surface area contributed by atoms with Crippen LogP contribution in [0.4, 0.5) is 5.69 Å². The Hall–Kier alpha value is -2.32. The molecule has 0 heterocycles. The van der Waals surface area contributed by atoms with Crippen molar-refractivity contribution in [1.29, 1.82) is 0 Å². The fourth-order valence-electron chi connectivity index (χ4n) is 1.84. The quantitative estimate of drug-likeness (QED) is 0.485. The third-order valence-electron chi connectivity index (χ3n) is 3.02. The summed E-state index contributed by atoms with van der Waals surface area (Å²) in [4.78, 5) is 3.18. The maximum Gasteiger partial charge on any atom is 0.295 e. The fourth-order valence-corrected chi connectivity index (χ4v) is 1.84. The van der Waals surface area contributed by atoms with Crippen LogP contribution < -0.4 is 10.1 Å². The summed E-state index contributed by atoms with van der Waals surface area (Å²) in [6.07, 6.45) is 8.52. The molecule has 1 aliphatic carbocycles. The van der Waals surface area contributed by atoms with Crippen LogP contribution in [0.25, 0.3) is 5.53 Å². The van der Waals surface area contributed by atoms with Crippen LogP contribution in [0.5, 0.6) is 5.75 Å². The molecule has 0 aliphatic heterocycles. The molecule has 0 unspecified atom stereocenters. The number of hydrogen-bond donors (Lipinski definition) is 1. The first-order chi connectivity index (χ1) is 9.81. The number of ether oxygens (including phenoxy) is 1. The first-order valence-corrected chi connectivity index (χ1v) is 6.91. The highest BCUT2D eigenvalue weighted by molar-refractivity contribution is 5.93. The average molecular weight is 269 g/mol. The van der Waals surface area contributed by atoms with E-state index >= 15 is 0 Å². The van der Waals surface area contributed by atoms with Crippen molar-refractivity contribution in [3.05, 3.63) is 53.7 Å². The second-order valence-electron chi connectivity index (χ2n) is 4.64. The van der Waals surface area contributed by atoms with Gasteiger partial charge in [0.2, 0.25) is 0 Å². The number of allylic oxidation sites excluding steroid dienone is 3. The van der Waals surface area contributed by atoms with Gasteiger partial charge < -0.3 is 15.6 Å². The van der Waals surface area contributed by atoms with Gasteiger partial charge in [0, 0.05) is 17.5 Å². The number of nitrogens with one attached hydrogen (secondary N) is 1. The lowest BCUT2D eigenvalue weighted by atomic mass is 10.1. The van der Waals surface area contributed by atoms with Gasteiger partial charge in [0.25, 0.3) is 5.71 Å². The molecular weight excluding hydrogens is 250 g/mol. The van der Waals surface area contributed by atoms with E-state index in [1.165, 1.54) is 0 Å². The van der Waals surface area contributed by atoms with Crippen LogP contribution in [0.2, 0.25) is 0 Å². The van der Waals surface area contributed by atoms with Gasteiger partial charge in [-0.1, -0.05) is 13.3 Å². The molecule has 0 fully saturated rings. The molecule has 20 heavy (non-hydrogen) atoms. The molecule has 4 heteroatoms. The number of rotatable bonds is 6. The predicted octanol–water partition coefficient (Wildman–Crippen LogP) is 3.79. The zero-order valence-corrected chi connectivity index (χ0v) is 11.7. The molecule has 104 valence electrons. The Kier molecular flexibility index (Phi) is 5.15. The number of nitrogens with zero attached hydrogens (tertiary/aromatic N) is 2. The second kappa shape index (κ2) is 7.31. The van der Waals surface area contributed by atoms with Gasteiger partial charge in [0.05, 0.1) is 13.0 Å². The Morgan fingerprint density at radius 3 is 2.65 bits per heavy atom. The van der Waals surface area contributed by atoms with Crippen molar-refractivity contribution in [3.8, 4) is 5.75 Å². The Morgan fingerprint density at radius 2 is 2.05 bits per heavy atom. The highest BCUT2D eigenvalue weighted by atomic mass is 16.5. The van der Waals surface area contributed by atoms with Gasteiger partial charge in [0.1, 0.15) is 5.75 Å². The molecule has 0 spiro atoms. The molecule has 0 saturated carbocycles. The second-order valence-corrected chi connectivity index (χ2v) is 4.64. The zero-order valence-electron chi connectivity index (χ0n) is 11.7. The summed E-state index contributed by atoms with van der Waals surface area (Å²) in [5.74, 6) is 0.895. The molecule has 0 saturated heterocycles. The van der Waals surface area contributed by atoms with Gasteiger partial charge in [-0.3, -0.25) is 0 Å². The van der Waals surface area contributed by atoms with Crippen molar-refractivity contribution in [2.75, 3.05) is 11.9 Å². The number of unbranched alkanes of at least 4 members (excludes halogenated alkanes) is 1. The van der Waals surface area contributed by atoms with Crippen molar-refractivity contribution in [2.24, 2.45) is 0 Å². The Labute approximate surface area is 119 Å². The predicted molar refractivity (Wildman–Crippen MR) is 80.9 cm³/mol. The van der Waals surface area contributed by atoms with Gasteiger partial charge in [-0.05, 0) is 42.8 Å². The fraction of sp³-hybridized carbons (Fsp3) is 0.312. The third-order valence-corrected chi connectivity index (χ3v) is 3.02. The van der Waals surface area contributed by atoms with Crippen molar-refractivity contribution >= 4 is 11.4 Å². The monoisotopic (exact) mass is 269 g/mol. The van der Waals surface area contributed by atoms with Crippen LogP contribution in [0, 0.1) is 0 Å². The number of anilines is 1. The van der Waals surface area contributed by atoms with E-state index in [2.05, 4.69) is 17.0 Å². The first-order valence-electron chi connectivity index (χ1n) is 6.91. The Morgan fingerprint density at radius 1 is 1.25 bits per heavy atom. The molecule has 0 radical (unpaired) electrons. The standard InChI is InChI=1S/C16H19N3O/c1-2-3-12-20-16-10-8-14(9-11-16)18-13-4-6-15(19-17)7-5-13/h4-6,8-11,18H,2-3,7,12H2,1H3. The Bertz CT molecular complexity index is 552. The van der Waals surface area contributed by atoms with Gasteiger partial charge in [-0.25, -0.2) is 0 Å². The van der Waals surface area contributed by atoms with Gasteiger partial charge >= 0.3 is 0 Å². The van der Waals surface area contributed by atoms with Crippen molar-refractivity contribution in [1.82, 2.24) is 0 Å². The van der Waals surface area contributed by atoms with E-state index in [1.807, 2.05) is 36.4 Å². The van der Waals surface area contributed by atoms with Gasteiger partial charge in [0.15, 0.2) is 0 Å². The molecule has 1 aliphatic rings. The van der Waals surface area contributed by atoms with Crippen LogP contribution in [0.15, 0.2) is 48.2 Å². The lowest BCUT2D eigenvalue weighted by Gasteiger charge is -2.10.